The predicted octanol–water partition coefficient (Wildman–Crippen LogP) is 5.12. The molecule has 32 heavy (non-hydrogen) atoms. The minimum Gasteiger partial charge on any atom is -0.369 e. The summed E-state index contributed by atoms with van der Waals surface area (Å²) < 4.78 is 23.6. The van der Waals surface area contributed by atoms with Crippen LogP contribution in [0.5, 0.6) is 0 Å². The van der Waals surface area contributed by atoms with Crippen LogP contribution < -0.4 is 5.73 Å². The zero-order valence-electron chi connectivity index (χ0n) is 18.6. The first-order chi connectivity index (χ1) is 15.3. The third-order valence-corrected chi connectivity index (χ3v) is 8.68. The lowest BCUT2D eigenvalue weighted by Gasteiger charge is -2.45. The van der Waals surface area contributed by atoms with Crippen LogP contribution in [-0.2, 0) is 27.1 Å². The lowest BCUT2D eigenvalue weighted by atomic mass is 9.64. The minimum absolute atomic E-state index is 0.311. The van der Waals surface area contributed by atoms with Gasteiger partial charge in [-0.2, -0.15) is 0 Å². The molecular weight excluding hydrogens is 473 g/mol. The van der Waals surface area contributed by atoms with Crippen LogP contribution >= 0.6 is 15.9 Å². The molecule has 3 aliphatic carbocycles. The molecule has 7 heteroatoms. The van der Waals surface area contributed by atoms with Crippen molar-refractivity contribution in [2.75, 3.05) is 6.61 Å². The lowest BCUT2D eigenvalue weighted by Crippen LogP contribution is -2.49. The summed E-state index contributed by atoms with van der Waals surface area (Å²) in [6, 6.07) is 6.22. The maximum Gasteiger partial charge on any atom is 0.228 e. The molecule has 1 aromatic carbocycles. The first-order valence-electron chi connectivity index (χ1n) is 11.8. The van der Waals surface area contributed by atoms with Crippen LogP contribution in [-0.4, -0.2) is 22.1 Å². The Morgan fingerprint density at radius 3 is 2.34 bits per heavy atom. The largest absolute Gasteiger partial charge is 0.369 e. The Balaban J connectivity index is 1.49. The summed E-state index contributed by atoms with van der Waals surface area (Å²) >= 11 is 3.76. The molecule has 1 amide bonds. The van der Waals surface area contributed by atoms with E-state index in [0.717, 1.165) is 34.8 Å². The van der Waals surface area contributed by atoms with Gasteiger partial charge in [-0.25, -0.2) is 9.37 Å². The van der Waals surface area contributed by atoms with Gasteiger partial charge in [-0.1, -0.05) is 12.1 Å². The van der Waals surface area contributed by atoms with Crippen LogP contribution in [0.3, 0.4) is 0 Å². The number of nitrogens with zero attached hydrogens (tertiary/aromatic N) is 2. The number of nitrogens with two attached hydrogens (primary N) is 1. The Morgan fingerprint density at radius 1 is 1.16 bits per heavy atom. The molecule has 5 nitrogen and oxygen atoms in total. The number of amides is 1. The van der Waals surface area contributed by atoms with Gasteiger partial charge in [-0.05, 0) is 104 Å². The second kappa shape index (κ2) is 8.24. The Morgan fingerprint density at radius 2 is 1.78 bits per heavy atom. The Hall–Kier alpha value is -1.73. The fraction of sp³-hybridized carbons (Fsp3) is 0.600. The molecule has 1 aromatic heterocycles. The molecule has 0 saturated heterocycles. The number of imidazole rings is 1. The smallest absolute Gasteiger partial charge is 0.228 e. The van der Waals surface area contributed by atoms with Gasteiger partial charge in [0.2, 0.25) is 5.91 Å². The monoisotopic (exact) mass is 503 g/mol. The van der Waals surface area contributed by atoms with E-state index in [4.69, 9.17) is 15.5 Å². The zero-order valence-corrected chi connectivity index (χ0v) is 20.2. The normalized spacial score (nSPS) is 28.1. The van der Waals surface area contributed by atoms with Gasteiger partial charge in [0.15, 0.2) is 0 Å². The predicted molar refractivity (Wildman–Crippen MR) is 123 cm³/mol. The Bertz CT molecular complexity index is 1000. The van der Waals surface area contributed by atoms with E-state index in [0.29, 0.717) is 37.5 Å². The second-order valence-electron chi connectivity index (χ2n) is 10.1. The summed E-state index contributed by atoms with van der Waals surface area (Å²) in [7, 11) is 0. The highest BCUT2D eigenvalue weighted by Crippen LogP contribution is 2.50. The topological polar surface area (TPSA) is 70.1 Å². The molecule has 0 radical (unpaired) electrons. The molecule has 5 rings (SSSR count). The van der Waals surface area contributed by atoms with Gasteiger partial charge in [-0.3, -0.25) is 4.79 Å². The van der Waals surface area contributed by atoms with Crippen LogP contribution in [0.4, 0.5) is 4.39 Å². The molecule has 3 aliphatic rings. The number of aromatic nitrogens is 2. The number of hydrogen-bond acceptors (Lipinski definition) is 3. The van der Waals surface area contributed by atoms with Crippen LogP contribution in [0.15, 0.2) is 28.9 Å². The van der Waals surface area contributed by atoms with Crippen LogP contribution in [0.1, 0.15) is 68.4 Å². The van der Waals surface area contributed by atoms with Gasteiger partial charge in [0.1, 0.15) is 21.8 Å². The molecular formula is C25H31BrFN3O2. The van der Waals surface area contributed by atoms with E-state index in [2.05, 4.69) is 20.5 Å². The van der Waals surface area contributed by atoms with Gasteiger partial charge >= 0.3 is 0 Å². The van der Waals surface area contributed by atoms with Gasteiger partial charge < -0.3 is 15.0 Å². The van der Waals surface area contributed by atoms with E-state index >= 15 is 0 Å². The summed E-state index contributed by atoms with van der Waals surface area (Å²) in [5.74, 6) is 1.65. The van der Waals surface area contributed by atoms with E-state index in [-0.39, 0.29) is 11.7 Å². The van der Waals surface area contributed by atoms with Gasteiger partial charge in [0.05, 0.1) is 17.7 Å². The number of aryl methyl sites for hydroxylation is 1. The van der Waals surface area contributed by atoms with E-state index in [9.17, 15) is 9.18 Å². The number of halogens is 2. The van der Waals surface area contributed by atoms with Crippen molar-refractivity contribution in [3.8, 4) is 0 Å². The molecule has 172 valence electrons. The number of carbonyl (C=O) groups excluding carboxylic acids is 1. The van der Waals surface area contributed by atoms with Crippen molar-refractivity contribution in [3.63, 3.8) is 0 Å². The summed E-state index contributed by atoms with van der Waals surface area (Å²) in [5, 5.41) is 0. The molecule has 3 saturated carbocycles. The number of carbonyl (C=O) groups is 1. The quantitative estimate of drug-likeness (QED) is 0.543. The average Bonchev–Trinajstić information content (AvgIpc) is 3.70. The third-order valence-electron chi connectivity index (χ3n) is 7.68. The number of hydrogen-bond donors (Lipinski definition) is 1. The summed E-state index contributed by atoms with van der Waals surface area (Å²) in [6.07, 6.45) is 7.40. The Kier molecular flexibility index (Phi) is 5.69. The van der Waals surface area contributed by atoms with E-state index in [1.54, 1.807) is 12.1 Å². The molecule has 0 unspecified atom stereocenters. The first kappa shape index (κ1) is 22.1. The molecule has 0 aliphatic heterocycles. The second-order valence-corrected chi connectivity index (χ2v) is 10.8. The highest BCUT2D eigenvalue weighted by Gasteiger charge is 2.51. The van der Waals surface area contributed by atoms with Crippen molar-refractivity contribution >= 4 is 21.8 Å². The van der Waals surface area contributed by atoms with Crippen molar-refractivity contribution in [2.45, 2.75) is 75.9 Å². The fourth-order valence-corrected chi connectivity index (χ4v) is 5.55. The maximum atomic E-state index is 13.5. The van der Waals surface area contributed by atoms with E-state index in [1.165, 1.54) is 37.8 Å². The first-order valence-corrected chi connectivity index (χ1v) is 12.6. The molecule has 0 spiro atoms. The summed E-state index contributed by atoms with van der Waals surface area (Å²) in [6.45, 7) is 3.71. The van der Waals surface area contributed by atoms with E-state index < -0.39 is 11.0 Å². The van der Waals surface area contributed by atoms with E-state index in [1.807, 2.05) is 6.92 Å². The number of primary amides is 1. The Labute approximate surface area is 197 Å². The van der Waals surface area contributed by atoms with Gasteiger partial charge in [0, 0.05) is 6.54 Å². The van der Waals surface area contributed by atoms with Crippen LogP contribution in [0.2, 0.25) is 0 Å². The molecule has 3 fully saturated rings. The van der Waals surface area contributed by atoms with Crippen molar-refractivity contribution < 1.29 is 13.9 Å². The van der Waals surface area contributed by atoms with Crippen LogP contribution in [0, 0.1) is 24.6 Å². The summed E-state index contributed by atoms with van der Waals surface area (Å²) in [4.78, 5) is 17.7. The van der Waals surface area contributed by atoms with Gasteiger partial charge in [0.25, 0.3) is 0 Å². The number of rotatable bonds is 8. The maximum absolute atomic E-state index is 13.5. The van der Waals surface area contributed by atoms with Crippen molar-refractivity contribution in [3.05, 3.63) is 51.8 Å². The third kappa shape index (κ3) is 4.03. The number of benzene rings is 1. The van der Waals surface area contributed by atoms with Crippen LogP contribution in [0.25, 0.3) is 0 Å². The van der Waals surface area contributed by atoms with Crippen molar-refractivity contribution in [1.29, 1.82) is 0 Å². The van der Waals surface area contributed by atoms with Gasteiger partial charge in [-0.15, -0.1) is 0 Å². The lowest BCUT2D eigenvalue weighted by molar-refractivity contribution is -0.133. The van der Waals surface area contributed by atoms with Crippen molar-refractivity contribution in [1.82, 2.24) is 9.55 Å². The summed E-state index contributed by atoms with van der Waals surface area (Å²) in [5.41, 5.74) is 6.39. The average molecular weight is 504 g/mol. The fourth-order valence-electron chi connectivity index (χ4n) is 5.15. The standard InChI is InChI=1S/C25H31BrFN3O2/c1-16-21(26)30(14-17-2-3-17)23(29-16)25(32-15-18-4-5-18)12-10-24(11-13-25,22(28)31)19-6-8-20(27)9-7-19/h6-9,17-18H,2-5,10-15H2,1H3,(H2,28,31)/t24-,25+. The molecule has 1 heterocycles. The molecule has 0 bridgehead atoms. The highest BCUT2D eigenvalue weighted by atomic mass is 79.9. The molecule has 2 N–H and O–H groups in total. The minimum atomic E-state index is -0.805. The SMILES string of the molecule is Cc1nc([C@]2(OCC3CC3)CC[C@](C(N)=O)(c3ccc(F)cc3)CC2)n(CC2CC2)c1Br. The highest BCUT2D eigenvalue weighted by molar-refractivity contribution is 9.10. The molecule has 0 atom stereocenters. The molecule has 2 aromatic rings. The zero-order chi connectivity index (χ0) is 22.5. The van der Waals surface area contributed by atoms with Crippen molar-refractivity contribution in [2.24, 2.45) is 17.6 Å². The number of ether oxygens (including phenoxy) is 1.